The van der Waals surface area contributed by atoms with E-state index in [9.17, 15) is 53.9 Å². The SMILES string of the molecule is COc1cc(N2CC[C@@]3(O)C(=O)c4cc(C)ccc4N=C23)ccn1.COc1cccc(N2CC[C@@]3(O)C(=O)c4cc(C)ccc4N=C23)c1.Cc1ccc(N2CC[C@@]3(O)C(=O)c4cc(F)c(C)cc4N=C23)cc1.Cc1ccc2c(c1)C(=O)[C@]1(O)CCN(c3ccc4ccoc4c3)C1=N2.Cc1cccc(N2CC[C@@]3(O)C(=O)c4cc(C)ccc4N=C23)c1. The summed E-state index contributed by atoms with van der Waals surface area (Å²) in [5.41, 5.74) is 8.87. The second kappa shape index (κ2) is 30.3. The molecule has 9 aromatic carbocycles. The number of carbonyl (C=O) groups is 5. The van der Waals surface area contributed by atoms with Crippen LogP contribution in [0.3, 0.4) is 0 Å². The summed E-state index contributed by atoms with van der Waals surface area (Å²) in [6.07, 6.45) is 4.86. The van der Waals surface area contributed by atoms with Crippen molar-refractivity contribution >= 4 is 126 Å². The van der Waals surface area contributed by atoms with Gasteiger partial charge in [0.1, 0.15) is 46.3 Å². The summed E-state index contributed by atoms with van der Waals surface area (Å²) in [7, 11) is 3.16. The minimum absolute atomic E-state index is 0.148. The molecule has 0 unspecified atom stereocenters. The molecule has 606 valence electrons. The zero-order chi connectivity index (χ0) is 84.2. The number of ketones is 5. The van der Waals surface area contributed by atoms with Gasteiger partial charge in [-0.3, -0.25) is 24.0 Å². The van der Waals surface area contributed by atoms with Crippen molar-refractivity contribution in [2.24, 2.45) is 25.0 Å². The first-order valence-corrected chi connectivity index (χ1v) is 39.7. The number of pyridine rings is 1. The van der Waals surface area contributed by atoms with Crippen LogP contribution < -0.4 is 34.0 Å². The van der Waals surface area contributed by atoms with Crippen molar-refractivity contribution < 1.29 is 67.8 Å². The molecule has 24 nitrogen and oxygen atoms in total. The molecule has 0 saturated carbocycles. The highest BCUT2D eigenvalue weighted by Crippen LogP contribution is 2.47. The van der Waals surface area contributed by atoms with E-state index in [1.807, 2.05) is 224 Å². The smallest absolute Gasteiger partial charge is 0.214 e. The molecule has 0 amide bonds. The fourth-order valence-electron chi connectivity index (χ4n) is 17.1. The third kappa shape index (κ3) is 13.6. The van der Waals surface area contributed by atoms with E-state index >= 15 is 0 Å². The number of halogens is 1. The minimum Gasteiger partial charge on any atom is -0.497 e. The molecule has 120 heavy (non-hydrogen) atoms. The van der Waals surface area contributed by atoms with Crippen LogP contribution in [0.5, 0.6) is 11.6 Å². The summed E-state index contributed by atoms with van der Waals surface area (Å²) in [5, 5.41) is 56.0. The average Bonchev–Trinajstić information content (AvgIpc) is 1.57. The molecule has 11 aromatic rings. The topological polar surface area (TPSA) is 309 Å². The van der Waals surface area contributed by atoms with Gasteiger partial charge in [0.2, 0.25) is 34.8 Å². The monoisotopic (exact) mass is 1610 g/mol. The predicted octanol–water partition coefficient (Wildman–Crippen LogP) is 15.2. The average molecular weight is 1610 g/mol. The molecule has 0 radical (unpaired) electrons. The van der Waals surface area contributed by atoms with Gasteiger partial charge >= 0.3 is 0 Å². The first-order valence-electron chi connectivity index (χ1n) is 39.7. The molecule has 5 atom stereocenters. The Morgan fingerprint density at radius 2 is 0.708 bits per heavy atom. The molecule has 25 heteroatoms. The van der Waals surface area contributed by atoms with Crippen molar-refractivity contribution in [2.75, 3.05) is 71.4 Å². The molecule has 10 aliphatic heterocycles. The number of benzene rings is 9. The van der Waals surface area contributed by atoms with Crippen molar-refractivity contribution in [3.8, 4) is 11.6 Å². The number of furan rings is 1. The van der Waals surface area contributed by atoms with E-state index in [1.54, 1.807) is 63.9 Å². The largest absolute Gasteiger partial charge is 0.497 e. The van der Waals surface area contributed by atoms with E-state index in [0.717, 1.165) is 78.5 Å². The van der Waals surface area contributed by atoms with Gasteiger partial charge in [-0.05, 0) is 181 Å². The molecule has 0 bridgehead atoms. The molecule has 5 saturated heterocycles. The van der Waals surface area contributed by atoms with Gasteiger partial charge in [0.25, 0.3) is 0 Å². The van der Waals surface area contributed by atoms with E-state index < -0.39 is 39.6 Å². The molecule has 21 rings (SSSR count). The molecule has 0 spiro atoms. The van der Waals surface area contributed by atoms with Crippen molar-refractivity contribution in [1.29, 1.82) is 0 Å². The number of nitrogens with zero attached hydrogens (tertiary/aromatic N) is 11. The van der Waals surface area contributed by atoms with Crippen LogP contribution in [0.25, 0.3) is 11.0 Å². The zero-order valence-corrected chi connectivity index (χ0v) is 67.5. The first-order chi connectivity index (χ1) is 57.5. The highest BCUT2D eigenvalue weighted by Gasteiger charge is 2.57. The lowest BCUT2D eigenvalue weighted by molar-refractivity contribution is 0.0599. The normalized spacial score (nSPS) is 22.2. The molecule has 2 aromatic heterocycles. The summed E-state index contributed by atoms with van der Waals surface area (Å²) < 4.78 is 29.7. The summed E-state index contributed by atoms with van der Waals surface area (Å²) >= 11 is 0. The number of methoxy groups -OCH3 is 2. The van der Waals surface area contributed by atoms with E-state index in [-0.39, 0.29) is 35.1 Å². The Kier molecular flexibility index (Phi) is 20.0. The third-order valence-corrected chi connectivity index (χ3v) is 23.7. The van der Waals surface area contributed by atoms with Crippen molar-refractivity contribution in [3.05, 3.63) is 279 Å². The highest BCUT2D eigenvalue weighted by molar-refractivity contribution is 6.32. The lowest BCUT2D eigenvalue weighted by atomic mass is 9.87. The van der Waals surface area contributed by atoms with Crippen LogP contribution in [-0.2, 0) is 0 Å². The van der Waals surface area contributed by atoms with Crippen LogP contribution in [0.15, 0.2) is 236 Å². The quantitative estimate of drug-likeness (QED) is 0.0990. The van der Waals surface area contributed by atoms with Crippen LogP contribution in [0.1, 0.15) is 123 Å². The fraction of sp³-hybridized carbons (Fsp3) is 0.253. The second-order valence-corrected chi connectivity index (χ2v) is 31.9. The Morgan fingerprint density at radius 1 is 0.350 bits per heavy atom. The number of carbonyl (C=O) groups excluding carboxylic acids is 5. The van der Waals surface area contributed by atoms with Gasteiger partial charge in [-0.2, -0.15) is 0 Å². The molecule has 0 aliphatic carbocycles. The molecular formula is C95H86FN11O13. The number of hydrogen-bond acceptors (Lipinski definition) is 24. The van der Waals surface area contributed by atoms with Crippen LogP contribution in [0.2, 0.25) is 0 Å². The molecular weight excluding hydrogens is 1520 g/mol. The summed E-state index contributed by atoms with van der Waals surface area (Å²) in [6, 6.07) is 59.7. The number of aliphatic imine (C=N–C) groups is 5. The Hall–Kier alpha value is -13.3. The van der Waals surface area contributed by atoms with E-state index in [2.05, 4.69) is 29.9 Å². The van der Waals surface area contributed by atoms with Gasteiger partial charge in [-0.1, -0.05) is 82.4 Å². The maximum absolute atomic E-state index is 13.8. The van der Waals surface area contributed by atoms with Crippen LogP contribution >= 0.6 is 0 Å². The van der Waals surface area contributed by atoms with Crippen molar-refractivity contribution in [3.63, 3.8) is 0 Å². The standard InChI is InChI=1S/C20H16N2O3.C19H17FN2O2.C19H18N2O3.C19H18N2O2.C18H17N3O3/c1-12-2-5-16-15(10-12)18(23)20(24)7-8-22(19(20)21-16)14-4-3-13-6-9-25-17(13)11-14;1-11-3-5-13(6-4-11)22-8-7-19(24)17(23)14-10-15(20)12(2)9-16(14)21-18(19)22;1-12-6-7-16-15(10-12)17(22)19(23)8-9-21(18(19)20-16)13-4-3-5-14(11-13)24-2;1-12-4-3-5-14(10-12)21-9-8-19(23)17(22)15-11-13(2)6-7-16(15)20-18(19)21;1-11-3-4-14-13(9-11)16(22)18(23)6-8-21(17(18)20-14)12-5-7-19-15(10-12)24-2/h2-6,9-11,24H,7-8H2,1H3;3-6,9-10,24H,7-8H2,1-2H3;3-7,10-11,23H,8-9H2,1-2H3;3-7,10-11,23H,8-9H2,1-2H3;3-5,7,9-10,23H,6,8H2,1-2H3/t20-;3*19-;18-/m11111/s1. The summed E-state index contributed by atoms with van der Waals surface area (Å²) in [6.45, 7) is 16.0. The van der Waals surface area contributed by atoms with Crippen molar-refractivity contribution in [2.45, 2.75) is 109 Å². The van der Waals surface area contributed by atoms with E-state index in [1.165, 1.54) is 6.07 Å². The molecule has 10 aliphatic rings. The van der Waals surface area contributed by atoms with Crippen LogP contribution in [-0.4, -0.2) is 164 Å². The van der Waals surface area contributed by atoms with Crippen LogP contribution in [0.4, 0.5) is 61.3 Å². The number of anilines is 5. The molecule has 5 N–H and O–H groups in total. The number of aromatic nitrogens is 1. The van der Waals surface area contributed by atoms with E-state index in [0.29, 0.717) is 150 Å². The van der Waals surface area contributed by atoms with Crippen LogP contribution in [0, 0.1) is 54.3 Å². The molecule has 12 heterocycles. The van der Waals surface area contributed by atoms with Gasteiger partial charge in [0.15, 0.2) is 28.0 Å². The van der Waals surface area contributed by atoms with Gasteiger partial charge in [0.05, 0.1) is 48.9 Å². The number of Topliss-reactive ketones (excluding diaryl/α,β-unsaturated/α-hetero) is 5. The maximum atomic E-state index is 13.8. The van der Waals surface area contributed by atoms with Gasteiger partial charge in [-0.15, -0.1) is 0 Å². The Labute approximate surface area is 690 Å². The number of amidine groups is 5. The number of rotatable bonds is 7. The fourth-order valence-corrected chi connectivity index (χ4v) is 17.1. The highest BCUT2D eigenvalue weighted by atomic mass is 19.1. The molecule has 5 fully saturated rings. The maximum Gasteiger partial charge on any atom is 0.214 e. The van der Waals surface area contributed by atoms with E-state index in [4.69, 9.17) is 13.9 Å². The number of aryl methyl sites for hydroxylation is 7. The summed E-state index contributed by atoms with van der Waals surface area (Å²) in [4.78, 5) is 101. The number of fused-ring (bicyclic) bond motifs is 11. The summed E-state index contributed by atoms with van der Waals surface area (Å²) in [5.74, 6) is 1.16. The Morgan fingerprint density at radius 3 is 1.12 bits per heavy atom. The number of ether oxygens (including phenoxy) is 2. The third-order valence-electron chi connectivity index (χ3n) is 23.7. The van der Waals surface area contributed by atoms with Gasteiger partial charge in [0, 0.05) is 151 Å². The zero-order valence-electron chi connectivity index (χ0n) is 67.5. The number of hydrogen-bond donors (Lipinski definition) is 5. The predicted molar refractivity (Wildman–Crippen MR) is 460 cm³/mol. The lowest BCUT2D eigenvalue weighted by Crippen LogP contribution is -2.48. The Bertz CT molecular complexity index is 6170. The van der Waals surface area contributed by atoms with Gasteiger partial charge < -0.3 is 63.9 Å². The lowest BCUT2D eigenvalue weighted by Gasteiger charge is -2.30. The van der Waals surface area contributed by atoms with Gasteiger partial charge in [-0.25, -0.2) is 34.3 Å². The first kappa shape index (κ1) is 79.2. The minimum atomic E-state index is -1.68. The van der Waals surface area contributed by atoms with Crippen molar-refractivity contribution in [1.82, 2.24) is 4.98 Å². The Balaban J connectivity index is 0.000000107. The number of aliphatic hydroxyl groups is 5. The second-order valence-electron chi connectivity index (χ2n) is 31.9.